The summed E-state index contributed by atoms with van der Waals surface area (Å²) in [4.78, 5) is 12.4. The van der Waals surface area contributed by atoms with E-state index in [0.29, 0.717) is 24.5 Å². The van der Waals surface area contributed by atoms with Crippen molar-refractivity contribution in [2.45, 2.75) is 19.3 Å². The van der Waals surface area contributed by atoms with Gasteiger partial charge in [-0.3, -0.25) is 4.79 Å². The molecule has 5 heteroatoms. The summed E-state index contributed by atoms with van der Waals surface area (Å²) in [6.45, 7) is 2.50. The quantitative estimate of drug-likeness (QED) is 0.854. The Balaban J connectivity index is 1.95. The number of hydrogen-bond donors (Lipinski definition) is 1. The number of amides is 1. The highest BCUT2D eigenvalue weighted by molar-refractivity contribution is 9.10. The van der Waals surface area contributed by atoms with Gasteiger partial charge in [0.25, 0.3) is 0 Å². The van der Waals surface area contributed by atoms with Crippen LogP contribution in [0.1, 0.15) is 24.0 Å². The zero-order valence-electron chi connectivity index (χ0n) is 13.1. The number of ether oxygens (including phenoxy) is 2. The first-order chi connectivity index (χ1) is 11.1. The van der Waals surface area contributed by atoms with Gasteiger partial charge < -0.3 is 14.8 Å². The second kappa shape index (κ2) is 6.62. The number of benzene rings is 2. The highest BCUT2D eigenvalue weighted by atomic mass is 79.9. The lowest BCUT2D eigenvalue weighted by molar-refractivity contribution is -0.117. The van der Waals surface area contributed by atoms with Gasteiger partial charge in [-0.05, 0) is 48.7 Å². The Labute approximate surface area is 143 Å². The topological polar surface area (TPSA) is 47.6 Å². The summed E-state index contributed by atoms with van der Waals surface area (Å²) >= 11 is 3.47. The molecular formula is C18H18BrNO3. The third-order valence-corrected chi connectivity index (χ3v) is 4.45. The molecule has 0 aromatic heterocycles. The van der Waals surface area contributed by atoms with Crippen molar-refractivity contribution in [2.24, 2.45) is 0 Å². The van der Waals surface area contributed by atoms with Gasteiger partial charge in [0.05, 0.1) is 19.6 Å². The minimum absolute atomic E-state index is 0.0157. The van der Waals surface area contributed by atoms with Crippen LogP contribution in [-0.2, 0) is 11.2 Å². The van der Waals surface area contributed by atoms with Crippen LogP contribution in [0, 0.1) is 0 Å². The molecule has 0 saturated carbocycles. The van der Waals surface area contributed by atoms with E-state index in [1.807, 2.05) is 43.3 Å². The lowest BCUT2D eigenvalue weighted by Crippen LogP contribution is -2.15. The van der Waals surface area contributed by atoms with Gasteiger partial charge >= 0.3 is 0 Å². The van der Waals surface area contributed by atoms with E-state index < -0.39 is 0 Å². The number of para-hydroxylation sites is 1. The molecule has 2 aromatic rings. The van der Waals surface area contributed by atoms with Crippen LogP contribution in [0.2, 0.25) is 0 Å². The Hall–Kier alpha value is -2.01. The summed E-state index contributed by atoms with van der Waals surface area (Å²) in [7, 11) is 1.63. The molecule has 1 heterocycles. The fraction of sp³-hybridized carbons (Fsp3) is 0.278. The van der Waals surface area contributed by atoms with Crippen molar-refractivity contribution in [2.75, 3.05) is 19.0 Å². The maximum atomic E-state index is 12.4. The van der Waals surface area contributed by atoms with Crippen molar-refractivity contribution in [1.29, 1.82) is 0 Å². The van der Waals surface area contributed by atoms with Gasteiger partial charge in [0.1, 0.15) is 0 Å². The SMILES string of the molecule is CCOc1cccc(CC2C(=O)Nc3ccc(Br)cc32)c1OC. The monoisotopic (exact) mass is 375 g/mol. The number of nitrogens with one attached hydrogen (secondary N) is 1. The van der Waals surface area contributed by atoms with Gasteiger partial charge in [0, 0.05) is 10.2 Å². The molecule has 0 spiro atoms. The molecule has 1 amide bonds. The minimum atomic E-state index is -0.228. The number of halogens is 1. The van der Waals surface area contributed by atoms with Crippen molar-refractivity contribution in [3.63, 3.8) is 0 Å². The van der Waals surface area contributed by atoms with Gasteiger partial charge in [-0.25, -0.2) is 0 Å². The predicted octanol–water partition coefficient (Wildman–Crippen LogP) is 4.13. The molecule has 1 unspecified atom stereocenters. The van der Waals surface area contributed by atoms with Crippen molar-refractivity contribution >= 4 is 27.5 Å². The average molecular weight is 376 g/mol. The maximum Gasteiger partial charge on any atom is 0.232 e. The highest BCUT2D eigenvalue weighted by Gasteiger charge is 2.31. The smallest absolute Gasteiger partial charge is 0.232 e. The van der Waals surface area contributed by atoms with E-state index in [4.69, 9.17) is 9.47 Å². The second-order valence-corrected chi connectivity index (χ2v) is 6.27. The van der Waals surface area contributed by atoms with E-state index in [0.717, 1.165) is 21.3 Å². The molecule has 1 atom stereocenters. The number of hydrogen-bond acceptors (Lipinski definition) is 3. The zero-order chi connectivity index (χ0) is 16.4. The van der Waals surface area contributed by atoms with Gasteiger partial charge in [-0.2, -0.15) is 0 Å². The summed E-state index contributed by atoms with van der Waals surface area (Å²) < 4.78 is 12.1. The molecular weight excluding hydrogens is 358 g/mol. The molecule has 23 heavy (non-hydrogen) atoms. The number of anilines is 1. The zero-order valence-corrected chi connectivity index (χ0v) is 14.6. The largest absolute Gasteiger partial charge is 0.493 e. The van der Waals surface area contributed by atoms with Crippen LogP contribution in [0.25, 0.3) is 0 Å². The molecule has 2 aromatic carbocycles. The van der Waals surface area contributed by atoms with Crippen molar-refractivity contribution in [1.82, 2.24) is 0 Å². The molecule has 0 bridgehead atoms. The van der Waals surface area contributed by atoms with E-state index in [9.17, 15) is 4.79 Å². The predicted molar refractivity (Wildman–Crippen MR) is 93.4 cm³/mol. The van der Waals surface area contributed by atoms with Crippen LogP contribution in [0.4, 0.5) is 5.69 Å². The molecule has 1 N–H and O–H groups in total. The number of methoxy groups -OCH3 is 1. The molecule has 1 aliphatic heterocycles. The first kappa shape index (κ1) is 15.9. The van der Waals surface area contributed by atoms with E-state index in [2.05, 4.69) is 21.2 Å². The number of carbonyl (C=O) groups is 1. The van der Waals surface area contributed by atoms with Crippen LogP contribution in [-0.4, -0.2) is 19.6 Å². The van der Waals surface area contributed by atoms with Crippen LogP contribution >= 0.6 is 15.9 Å². The van der Waals surface area contributed by atoms with E-state index in [1.165, 1.54) is 0 Å². The number of rotatable bonds is 5. The first-order valence-corrected chi connectivity index (χ1v) is 8.32. The Bertz CT molecular complexity index is 745. The maximum absolute atomic E-state index is 12.4. The highest BCUT2D eigenvalue weighted by Crippen LogP contribution is 2.40. The van der Waals surface area contributed by atoms with Crippen molar-refractivity contribution in [3.8, 4) is 11.5 Å². The van der Waals surface area contributed by atoms with Crippen molar-refractivity contribution < 1.29 is 14.3 Å². The van der Waals surface area contributed by atoms with Crippen LogP contribution in [0.3, 0.4) is 0 Å². The molecule has 0 aliphatic carbocycles. The fourth-order valence-corrected chi connectivity index (χ4v) is 3.32. The third-order valence-electron chi connectivity index (χ3n) is 3.95. The lowest BCUT2D eigenvalue weighted by Gasteiger charge is -2.16. The van der Waals surface area contributed by atoms with Gasteiger partial charge in [-0.15, -0.1) is 0 Å². The normalized spacial score (nSPS) is 16.0. The Kier molecular flexibility index (Phi) is 4.57. The Morgan fingerprint density at radius 1 is 1.26 bits per heavy atom. The minimum Gasteiger partial charge on any atom is -0.493 e. The second-order valence-electron chi connectivity index (χ2n) is 5.36. The standard InChI is InChI=1S/C18H18BrNO3/c1-3-23-16-6-4-5-11(17(16)22-2)9-14-13-10-12(19)7-8-15(13)20-18(14)21/h4-8,10,14H,3,9H2,1-2H3,(H,20,21). The summed E-state index contributed by atoms with van der Waals surface area (Å²) in [5.74, 6) is 1.20. The van der Waals surface area contributed by atoms with Gasteiger partial charge in [-0.1, -0.05) is 28.1 Å². The molecule has 0 radical (unpaired) electrons. The van der Waals surface area contributed by atoms with E-state index >= 15 is 0 Å². The average Bonchev–Trinajstić information content (AvgIpc) is 2.84. The number of fused-ring (bicyclic) bond motifs is 1. The lowest BCUT2D eigenvalue weighted by atomic mass is 9.92. The third kappa shape index (κ3) is 3.06. The van der Waals surface area contributed by atoms with E-state index in [-0.39, 0.29) is 11.8 Å². The number of carbonyl (C=O) groups excluding carboxylic acids is 1. The molecule has 3 rings (SSSR count). The Morgan fingerprint density at radius 3 is 2.83 bits per heavy atom. The van der Waals surface area contributed by atoms with Crippen LogP contribution < -0.4 is 14.8 Å². The van der Waals surface area contributed by atoms with Gasteiger partial charge in [0.15, 0.2) is 11.5 Å². The Morgan fingerprint density at radius 2 is 2.09 bits per heavy atom. The fourth-order valence-electron chi connectivity index (χ4n) is 2.94. The molecule has 0 fully saturated rings. The molecule has 0 saturated heterocycles. The first-order valence-electron chi connectivity index (χ1n) is 7.53. The molecule has 4 nitrogen and oxygen atoms in total. The summed E-state index contributed by atoms with van der Waals surface area (Å²) in [5.41, 5.74) is 2.85. The van der Waals surface area contributed by atoms with Crippen LogP contribution in [0.5, 0.6) is 11.5 Å². The van der Waals surface area contributed by atoms with Crippen molar-refractivity contribution in [3.05, 3.63) is 52.0 Å². The molecule has 120 valence electrons. The summed E-state index contributed by atoms with van der Waals surface area (Å²) in [5, 5.41) is 2.94. The van der Waals surface area contributed by atoms with Crippen LogP contribution in [0.15, 0.2) is 40.9 Å². The van der Waals surface area contributed by atoms with E-state index in [1.54, 1.807) is 7.11 Å². The summed E-state index contributed by atoms with van der Waals surface area (Å²) in [6, 6.07) is 11.6. The summed E-state index contributed by atoms with van der Waals surface area (Å²) in [6.07, 6.45) is 0.569. The molecule has 1 aliphatic rings. The van der Waals surface area contributed by atoms with Gasteiger partial charge in [0.2, 0.25) is 5.91 Å².